The number of likely N-dealkylation sites (tertiary alicyclic amines) is 1. The van der Waals surface area contributed by atoms with E-state index in [2.05, 4.69) is 4.90 Å². The normalized spacial score (nSPS) is 21.9. The molecule has 0 unspecified atom stereocenters. The first kappa shape index (κ1) is 19.8. The molecule has 1 aromatic rings. The third-order valence-corrected chi connectivity index (χ3v) is 5.27. The van der Waals surface area contributed by atoms with E-state index < -0.39 is 5.41 Å². The van der Waals surface area contributed by atoms with Crippen molar-refractivity contribution in [2.45, 2.75) is 32.7 Å². The number of methoxy groups -OCH3 is 2. The van der Waals surface area contributed by atoms with E-state index in [1.165, 1.54) is 0 Å². The van der Waals surface area contributed by atoms with Crippen LogP contribution in [-0.4, -0.2) is 58.2 Å². The summed E-state index contributed by atoms with van der Waals surface area (Å²) in [7, 11) is 3.29. The van der Waals surface area contributed by atoms with Crippen LogP contribution in [0.3, 0.4) is 0 Å². The van der Waals surface area contributed by atoms with Gasteiger partial charge in [-0.1, -0.05) is 0 Å². The van der Waals surface area contributed by atoms with Gasteiger partial charge >= 0.3 is 5.97 Å². The highest BCUT2D eigenvalue weighted by molar-refractivity contribution is 5.77. The van der Waals surface area contributed by atoms with Crippen LogP contribution < -0.4 is 14.2 Å². The van der Waals surface area contributed by atoms with Crippen molar-refractivity contribution >= 4 is 5.97 Å². The molecule has 0 aromatic heterocycles. The van der Waals surface area contributed by atoms with Crippen LogP contribution in [0.2, 0.25) is 0 Å². The number of piperidine rings is 1. The van der Waals surface area contributed by atoms with E-state index in [-0.39, 0.29) is 12.8 Å². The van der Waals surface area contributed by atoms with Crippen molar-refractivity contribution in [2.24, 2.45) is 5.41 Å². The Labute approximate surface area is 160 Å². The standard InChI is InChI=1S/C20H29NO6/c1-4-25-19(22)20(7-9-23-2)6-5-8-21(13-20)12-15-10-16(24-3)18-17(11-15)26-14-27-18/h10-11H,4-9,12-14H2,1-3H3/t20-/m1/s1. The summed E-state index contributed by atoms with van der Waals surface area (Å²) < 4.78 is 27.1. The SMILES string of the molecule is CCOC(=O)[C@@]1(CCOC)CCCN(Cc2cc(OC)c3c(c2)OCO3)C1. The Kier molecular flexibility index (Phi) is 6.44. The number of hydrogen-bond acceptors (Lipinski definition) is 7. The van der Waals surface area contributed by atoms with Crippen molar-refractivity contribution in [1.82, 2.24) is 4.90 Å². The highest BCUT2D eigenvalue weighted by Gasteiger charge is 2.43. The number of ether oxygens (including phenoxy) is 5. The number of fused-ring (bicyclic) bond motifs is 1. The van der Waals surface area contributed by atoms with Crippen LogP contribution >= 0.6 is 0 Å². The quantitative estimate of drug-likeness (QED) is 0.643. The Morgan fingerprint density at radius 2 is 2.15 bits per heavy atom. The Morgan fingerprint density at radius 3 is 2.89 bits per heavy atom. The summed E-state index contributed by atoms with van der Waals surface area (Å²) >= 11 is 0. The topological polar surface area (TPSA) is 66.5 Å². The molecule has 0 spiro atoms. The van der Waals surface area contributed by atoms with E-state index in [1.807, 2.05) is 19.1 Å². The molecule has 0 amide bonds. The summed E-state index contributed by atoms with van der Waals surface area (Å²) in [4.78, 5) is 15.0. The predicted octanol–water partition coefficient (Wildman–Crippen LogP) is 2.61. The van der Waals surface area contributed by atoms with E-state index in [1.54, 1.807) is 14.2 Å². The second-order valence-corrected chi connectivity index (χ2v) is 7.09. The van der Waals surface area contributed by atoms with Gasteiger partial charge < -0.3 is 23.7 Å². The Bertz CT molecular complexity index is 664. The van der Waals surface area contributed by atoms with Crippen molar-refractivity contribution in [3.8, 4) is 17.2 Å². The third kappa shape index (κ3) is 4.30. The maximum atomic E-state index is 12.7. The lowest BCUT2D eigenvalue weighted by molar-refractivity contribution is -0.160. The molecular weight excluding hydrogens is 350 g/mol. The number of esters is 1. The van der Waals surface area contributed by atoms with Gasteiger partial charge in [-0.15, -0.1) is 0 Å². The molecule has 1 aromatic carbocycles. The molecule has 1 atom stereocenters. The van der Waals surface area contributed by atoms with Gasteiger partial charge in [0.15, 0.2) is 11.5 Å². The highest BCUT2D eigenvalue weighted by atomic mass is 16.7. The zero-order valence-electron chi connectivity index (χ0n) is 16.4. The van der Waals surface area contributed by atoms with Gasteiger partial charge in [0.2, 0.25) is 12.5 Å². The summed E-state index contributed by atoms with van der Waals surface area (Å²) in [6.07, 6.45) is 2.45. The average molecular weight is 379 g/mol. The lowest BCUT2D eigenvalue weighted by Gasteiger charge is -2.41. The van der Waals surface area contributed by atoms with Gasteiger partial charge in [0.1, 0.15) is 0 Å². The fourth-order valence-electron chi connectivity index (χ4n) is 3.95. The van der Waals surface area contributed by atoms with E-state index >= 15 is 0 Å². The lowest BCUT2D eigenvalue weighted by atomic mass is 9.77. The second-order valence-electron chi connectivity index (χ2n) is 7.09. The van der Waals surface area contributed by atoms with Crippen LogP contribution in [-0.2, 0) is 20.8 Å². The largest absolute Gasteiger partial charge is 0.493 e. The first-order valence-corrected chi connectivity index (χ1v) is 9.47. The fourth-order valence-corrected chi connectivity index (χ4v) is 3.95. The van der Waals surface area contributed by atoms with Crippen LogP contribution in [0.25, 0.3) is 0 Å². The van der Waals surface area contributed by atoms with Gasteiger partial charge in [-0.2, -0.15) is 0 Å². The molecule has 0 aliphatic carbocycles. The van der Waals surface area contributed by atoms with Crippen molar-refractivity contribution in [2.75, 3.05) is 47.3 Å². The molecule has 0 bridgehead atoms. The van der Waals surface area contributed by atoms with Gasteiger partial charge in [-0.25, -0.2) is 0 Å². The Morgan fingerprint density at radius 1 is 1.30 bits per heavy atom. The van der Waals surface area contributed by atoms with Crippen molar-refractivity contribution in [3.05, 3.63) is 17.7 Å². The zero-order valence-corrected chi connectivity index (χ0v) is 16.4. The zero-order chi connectivity index (χ0) is 19.3. The van der Waals surface area contributed by atoms with Crippen LogP contribution in [0.5, 0.6) is 17.2 Å². The molecule has 0 saturated carbocycles. The Balaban J connectivity index is 1.76. The van der Waals surface area contributed by atoms with Gasteiger partial charge in [0, 0.05) is 26.8 Å². The molecule has 27 heavy (non-hydrogen) atoms. The molecule has 3 rings (SSSR count). The van der Waals surface area contributed by atoms with Gasteiger partial charge in [0.05, 0.1) is 19.1 Å². The number of rotatable bonds is 8. The maximum Gasteiger partial charge on any atom is 0.313 e. The number of hydrogen-bond donors (Lipinski definition) is 0. The molecule has 0 N–H and O–H groups in total. The first-order valence-electron chi connectivity index (χ1n) is 9.47. The van der Waals surface area contributed by atoms with E-state index in [0.717, 1.165) is 24.9 Å². The molecule has 2 heterocycles. The summed E-state index contributed by atoms with van der Waals surface area (Å²) in [5.74, 6) is 1.92. The maximum absolute atomic E-state index is 12.7. The monoisotopic (exact) mass is 379 g/mol. The summed E-state index contributed by atoms with van der Waals surface area (Å²) in [6.45, 7) is 5.30. The summed E-state index contributed by atoms with van der Waals surface area (Å²) in [5.41, 5.74) is 0.563. The molecule has 150 valence electrons. The lowest BCUT2D eigenvalue weighted by Crippen LogP contribution is -2.48. The van der Waals surface area contributed by atoms with E-state index in [4.69, 9.17) is 23.7 Å². The number of nitrogens with zero attached hydrogens (tertiary/aromatic N) is 1. The number of carbonyl (C=O) groups excluding carboxylic acids is 1. The number of carbonyl (C=O) groups is 1. The molecule has 7 nitrogen and oxygen atoms in total. The van der Waals surface area contributed by atoms with Gasteiger partial charge in [-0.05, 0) is 50.4 Å². The van der Waals surface area contributed by atoms with Crippen LogP contribution in [0.1, 0.15) is 31.7 Å². The fraction of sp³-hybridized carbons (Fsp3) is 0.650. The molecule has 1 saturated heterocycles. The summed E-state index contributed by atoms with van der Waals surface area (Å²) in [6, 6.07) is 3.96. The minimum absolute atomic E-state index is 0.116. The summed E-state index contributed by atoms with van der Waals surface area (Å²) in [5, 5.41) is 0. The number of benzene rings is 1. The molecular formula is C20H29NO6. The minimum Gasteiger partial charge on any atom is -0.493 e. The van der Waals surface area contributed by atoms with Crippen LogP contribution in [0, 0.1) is 5.41 Å². The first-order chi connectivity index (χ1) is 13.1. The van der Waals surface area contributed by atoms with Crippen molar-refractivity contribution in [3.63, 3.8) is 0 Å². The smallest absolute Gasteiger partial charge is 0.313 e. The third-order valence-electron chi connectivity index (χ3n) is 5.27. The molecule has 2 aliphatic heterocycles. The van der Waals surface area contributed by atoms with Crippen LogP contribution in [0.4, 0.5) is 0 Å². The van der Waals surface area contributed by atoms with E-state index in [9.17, 15) is 4.79 Å². The van der Waals surface area contributed by atoms with Crippen molar-refractivity contribution < 1.29 is 28.5 Å². The van der Waals surface area contributed by atoms with Crippen LogP contribution in [0.15, 0.2) is 12.1 Å². The van der Waals surface area contributed by atoms with Gasteiger partial charge in [0.25, 0.3) is 0 Å². The Hall–Kier alpha value is -1.99. The highest BCUT2D eigenvalue weighted by Crippen LogP contribution is 2.42. The molecule has 0 radical (unpaired) electrons. The molecule has 1 fully saturated rings. The van der Waals surface area contributed by atoms with E-state index in [0.29, 0.717) is 50.0 Å². The molecule has 2 aliphatic rings. The average Bonchev–Trinajstić information content (AvgIpc) is 3.14. The predicted molar refractivity (Wildman–Crippen MR) is 99.2 cm³/mol. The van der Waals surface area contributed by atoms with Gasteiger partial charge in [-0.3, -0.25) is 9.69 Å². The second kappa shape index (κ2) is 8.80. The molecule has 7 heteroatoms. The minimum atomic E-state index is -0.509. The van der Waals surface area contributed by atoms with Crippen molar-refractivity contribution in [1.29, 1.82) is 0 Å².